The summed E-state index contributed by atoms with van der Waals surface area (Å²) in [6, 6.07) is 26.0. The predicted octanol–water partition coefficient (Wildman–Crippen LogP) is 21.5. The molecule has 5 heterocycles. The van der Waals surface area contributed by atoms with Gasteiger partial charge in [0.2, 0.25) is 0 Å². The van der Waals surface area contributed by atoms with E-state index in [1.54, 1.807) is 324 Å². The molecule has 5 heteroatoms. The van der Waals surface area contributed by atoms with Crippen LogP contribution in [0.3, 0.4) is 0 Å². The van der Waals surface area contributed by atoms with E-state index in [1.807, 2.05) is 0 Å². The van der Waals surface area contributed by atoms with Crippen molar-refractivity contribution in [2.75, 3.05) is 0 Å². The molecule has 18 aromatic rings. The van der Waals surface area contributed by atoms with Gasteiger partial charge in [0.1, 0.15) is 23.4 Å². The zero-order valence-corrected chi connectivity index (χ0v) is 61.0. The van der Waals surface area contributed by atoms with E-state index in [9.17, 15) is 0 Å². The Kier molecular flexibility index (Phi) is 5.23. The minimum absolute atomic E-state index is 0.0954. The number of ether oxygens (including phenoxy) is 5. The molecule has 514 valence electrons. The summed E-state index contributed by atoms with van der Waals surface area (Å²) < 4.78 is 36.3. The minimum Gasteiger partial charge on any atom is -0.360 e. The summed E-state index contributed by atoms with van der Waals surface area (Å²) in [6.07, 6.45) is 25.2. The molecule has 5 aliphatic heterocycles. The lowest BCUT2D eigenvalue weighted by Crippen LogP contribution is -2.47. The Morgan fingerprint density at radius 3 is 1.52 bits per heavy atom. The topological polar surface area (TPSA) is 62.6 Å². The van der Waals surface area contributed by atoms with Crippen LogP contribution in [0, 0.1) is 11.8 Å². The molecule has 0 amide bonds. The third-order valence-electron chi connectivity index (χ3n) is 41.1. The number of benzene rings is 16. The number of allylic oxidation sites excluding steroid dienone is 6. The largest absolute Gasteiger partial charge is 0.360 e. The van der Waals surface area contributed by atoms with Gasteiger partial charge in [-0.25, -0.2) is 0 Å². The van der Waals surface area contributed by atoms with Crippen LogP contribution in [0.25, 0.3) is 191 Å². The van der Waals surface area contributed by atoms with E-state index in [1.165, 1.54) is 68.1 Å². The van der Waals surface area contributed by atoms with E-state index in [0.29, 0.717) is 41.6 Å². The van der Waals surface area contributed by atoms with Gasteiger partial charge < -0.3 is 23.7 Å². The van der Waals surface area contributed by atoms with Crippen molar-refractivity contribution in [3.63, 3.8) is 0 Å². The first kappa shape index (κ1) is 48.9. The Morgan fingerprint density at radius 1 is 0.322 bits per heavy atom. The second kappa shape index (κ2) is 12.3. The van der Waals surface area contributed by atoms with Gasteiger partial charge in [-0.05, 0) is 403 Å². The Balaban J connectivity index is 0.0000000710. The summed E-state index contributed by atoms with van der Waals surface area (Å²) in [7, 11) is 0. The second-order valence-corrected chi connectivity index (χ2v) is 43.2. The standard InChI is InChI=1S/C39H14O2.C39H16O2.C32H14O/c1-10-3-13-5-15-7-17-9-18-8-16-6-14-4-11-2-12(1)23-24-19(10)21(13)28-30-26(24)27-25(23)20(11)22(14)29-31(27)35-34(30)36(32(15)28)38(17,40-36)39(18)37(35,41-39)33(16)29;1-9-2-11-6-15-8-37-31-23(15)26-19(11)25-17(9)18-10(1)3-13-4-12-5-14-7-16(36(37)40-37)24-30(31)35-29(26)28(25)34-27(18)22(13)32-20(12)21(14)33(24)39(35)38(32,34)41-39;1-2-10-4-12-6-14-8-16-24-23-15(31-32(16)33-31)7-13-5-11-3-9(1)17-18(10)26-20(12)22(14)28(24)30-27(23)21(13)19(11)25(17)29(26)30/h1-2,5-8,12,23H,3-4,9H2;2-4,6-7,16,24,28,34,36H,1,5,8H2;3-4,7-8,31-32H,1-2,5-6H2. The maximum Gasteiger partial charge on any atom is 0.165 e. The zero-order valence-electron chi connectivity index (χ0n) is 61.0. The maximum atomic E-state index is 7.78. The molecule has 115 heavy (non-hydrogen) atoms. The Morgan fingerprint density at radius 2 is 0.861 bits per heavy atom. The summed E-state index contributed by atoms with van der Waals surface area (Å²) >= 11 is 0. The van der Waals surface area contributed by atoms with Gasteiger partial charge in [-0.1, -0.05) is 91.0 Å². The number of aryl methyl sites for hydroxylation is 2. The molecule has 14 atom stereocenters. The van der Waals surface area contributed by atoms with E-state index in [0.717, 1.165) is 51.4 Å². The van der Waals surface area contributed by atoms with E-state index < -0.39 is 0 Å². The van der Waals surface area contributed by atoms with E-state index in [2.05, 4.69) is 91.0 Å². The number of hydrogen-bond acceptors (Lipinski definition) is 5. The molecule has 0 radical (unpaired) electrons. The van der Waals surface area contributed by atoms with Crippen LogP contribution in [0.4, 0.5) is 0 Å². The lowest BCUT2D eigenvalue weighted by molar-refractivity contribution is 0.216. The number of rotatable bonds is 0. The van der Waals surface area contributed by atoms with Crippen LogP contribution in [-0.4, -0.2) is 17.3 Å². The van der Waals surface area contributed by atoms with E-state index in [4.69, 9.17) is 23.7 Å². The predicted molar refractivity (Wildman–Crippen MR) is 440 cm³/mol. The molecule has 0 bridgehead atoms. The van der Waals surface area contributed by atoms with Crippen LogP contribution in [0.1, 0.15) is 220 Å². The van der Waals surface area contributed by atoms with Crippen molar-refractivity contribution < 1.29 is 23.7 Å². The van der Waals surface area contributed by atoms with Crippen molar-refractivity contribution in [3.8, 4) is 11.1 Å². The smallest absolute Gasteiger partial charge is 0.165 e. The Labute approximate surface area is 646 Å². The molecule has 31 aliphatic rings. The van der Waals surface area contributed by atoms with Crippen molar-refractivity contribution in [1.82, 2.24) is 0 Å². The molecule has 14 unspecified atom stereocenters. The molecule has 0 N–H and O–H groups in total. The average molecular weight is 1450 g/mol. The van der Waals surface area contributed by atoms with Crippen molar-refractivity contribution in [1.29, 1.82) is 0 Å². The molecular formula is C110H44O5. The van der Waals surface area contributed by atoms with Gasteiger partial charge in [-0.2, -0.15) is 0 Å². The highest BCUT2D eigenvalue weighted by Crippen LogP contribution is 2.97. The highest BCUT2D eigenvalue weighted by atomic mass is 16.7. The van der Waals surface area contributed by atoms with Crippen LogP contribution in [-0.2, 0) is 109 Å². The van der Waals surface area contributed by atoms with Gasteiger partial charge in [-0.3, -0.25) is 0 Å². The SMILES string of the molecule is C1=C2Cc3cc4c5c6c3c2c2c3c6c6c7c8c9c%10c(cc%11c9c9c(c83)C2C1C=C9C%11)C=C1CC(=C4)C2(OC562)C12OC%1072.C1=C2Cc3cc4cc5c6c7c4c4c3C2=C2C3c8c9c%10c%11c%12c(cc%13cc(c-6c(c%13%11)C%10C7C46OC296)C5)CC2(OC2C13)c8%12.c1c2c3c4c(cc5c6c7c(cc8c9c%10c(cc%11c%12c(c1C%11)c3c(c46)c(c%12%10)c79)C1OC81)C5)CC2. The zero-order chi connectivity index (χ0) is 69.7. The van der Waals surface area contributed by atoms with E-state index in [-0.39, 0.29) is 51.4 Å². The minimum atomic E-state index is -0.363. The van der Waals surface area contributed by atoms with Crippen molar-refractivity contribution in [3.05, 3.63) is 279 Å². The fourth-order valence-electron chi connectivity index (χ4n) is 39.5. The van der Waals surface area contributed by atoms with Crippen LogP contribution in [0.2, 0.25) is 0 Å². The first-order chi connectivity index (χ1) is 56.9. The molecule has 18 aromatic carbocycles. The molecule has 6 fully saturated rings. The molecule has 5 nitrogen and oxygen atoms in total. The summed E-state index contributed by atoms with van der Waals surface area (Å²) in [5, 5.41) is 44.7. The van der Waals surface area contributed by atoms with Crippen molar-refractivity contribution in [2.24, 2.45) is 11.8 Å². The third-order valence-corrected chi connectivity index (χ3v) is 41.1. The second-order valence-electron chi connectivity index (χ2n) is 43.2. The fraction of sp³-hybridized carbons (Fsp3) is 0.236. The Bertz CT molecular complexity index is 9450. The lowest BCUT2D eigenvalue weighted by atomic mass is 9.56. The quantitative estimate of drug-likeness (QED) is 0.112. The van der Waals surface area contributed by atoms with Gasteiger partial charge >= 0.3 is 0 Å². The summed E-state index contributed by atoms with van der Waals surface area (Å²) in [6.45, 7) is 0. The molecule has 1 saturated carbocycles. The van der Waals surface area contributed by atoms with Crippen LogP contribution in [0.15, 0.2) is 101 Å². The molecule has 49 rings (SSSR count). The Hall–Kier alpha value is -11.1. The lowest BCUT2D eigenvalue weighted by Gasteiger charge is -2.41. The van der Waals surface area contributed by atoms with Gasteiger partial charge in [0.25, 0.3) is 0 Å². The fourth-order valence-corrected chi connectivity index (χ4v) is 39.5. The summed E-state index contributed by atoms with van der Waals surface area (Å²) in [5.74, 6) is 2.72. The van der Waals surface area contributed by atoms with Crippen molar-refractivity contribution >= 4 is 180 Å². The molecule has 0 aromatic heterocycles. The van der Waals surface area contributed by atoms with Crippen LogP contribution in [0.5, 0.6) is 0 Å². The van der Waals surface area contributed by atoms with Gasteiger partial charge in [0.05, 0.1) is 6.10 Å². The molecular weight excluding hydrogens is 1400 g/mol. The third kappa shape index (κ3) is 3.39. The highest BCUT2D eigenvalue weighted by Gasteiger charge is 3.03. The molecule has 26 aliphatic carbocycles. The van der Waals surface area contributed by atoms with Gasteiger partial charge in [0, 0.05) is 75.3 Å². The highest BCUT2D eigenvalue weighted by molar-refractivity contribution is 6.57. The monoisotopic (exact) mass is 1440 g/mol. The first-order valence-electron chi connectivity index (χ1n) is 44.1. The van der Waals surface area contributed by atoms with Gasteiger partial charge in [0.15, 0.2) is 28.0 Å². The maximum absolute atomic E-state index is 7.78. The first-order valence-corrected chi connectivity index (χ1v) is 44.1. The number of epoxide rings is 5. The normalized spacial score (nSPS) is 36.6. The summed E-state index contributed by atoms with van der Waals surface area (Å²) in [5.41, 5.74) is 63.4. The van der Waals surface area contributed by atoms with Crippen LogP contribution < -0.4 is 0 Å². The summed E-state index contributed by atoms with van der Waals surface area (Å²) in [4.78, 5) is 0. The average Bonchev–Trinajstić information content (AvgIpc) is 1.37. The van der Waals surface area contributed by atoms with Gasteiger partial charge in [-0.15, -0.1) is 0 Å². The molecule has 7 spiro atoms. The number of hydrogen-bond donors (Lipinski definition) is 0. The van der Waals surface area contributed by atoms with Crippen LogP contribution >= 0.6 is 0 Å². The number of fused-ring (bicyclic) bond motifs is 4. The van der Waals surface area contributed by atoms with E-state index >= 15 is 0 Å². The molecule has 5 saturated heterocycles. The van der Waals surface area contributed by atoms with Crippen molar-refractivity contribution in [2.45, 2.75) is 145 Å².